The summed E-state index contributed by atoms with van der Waals surface area (Å²) in [5, 5.41) is 9.59. The maximum Gasteiger partial charge on any atom is 0.144 e. The predicted octanol–water partition coefficient (Wildman–Crippen LogP) is 4.15. The highest BCUT2D eigenvalue weighted by Gasteiger charge is 2.14. The van der Waals surface area contributed by atoms with E-state index in [2.05, 4.69) is 15.9 Å². The molecule has 0 spiro atoms. The van der Waals surface area contributed by atoms with Gasteiger partial charge in [0.05, 0.1) is 14.2 Å². The van der Waals surface area contributed by atoms with Crippen molar-refractivity contribution in [1.29, 1.82) is 0 Å². The summed E-state index contributed by atoms with van der Waals surface area (Å²) in [6.07, 6.45) is 0. The van der Waals surface area contributed by atoms with Crippen LogP contribution in [0.2, 0.25) is 0 Å². The molecule has 0 heterocycles. The van der Waals surface area contributed by atoms with Crippen LogP contribution in [0.15, 0.2) is 34.8 Å². The van der Waals surface area contributed by atoms with E-state index in [1.807, 2.05) is 31.2 Å². The Labute approximate surface area is 120 Å². The Morgan fingerprint density at radius 3 is 2.37 bits per heavy atom. The number of aromatic hydroxyl groups is 1. The van der Waals surface area contributed by atoms with Crippen molar-refractivity contribution in [2.75, 3.05) is 14.2 Å². The third kappa shape index (κ3) is 2.54. The van der Waals surface area contributed by atoms with E-state index in [4.69, 9.17) is 9.47 Å². The number of hydrogen-bond donors (Lipinski definition) is 1. The third-order valence-electron chi connectivity index (χ3n) is 2.99. The fourth-order valence-corrected chi connectivity index (χ4v) is 2.62. The van der Waals surface area contributed by atoms with Crippen molar-refractivity contribution in [2.45, 2.75) is 6.92 Å². The summed E-state index contributed by atoms with van der Waals surface area (Å²) in [6.45, 7) is 1.86. The summed E-state index contributed by atoms with van der Waals surface area (Å²) >= 11 is 3.48. The van der Waals surface area contributed by atoms with Crippen molar-refractivity contribution in [1.82, 2.24) is 0 Å². The van der Waals surface area contributed by atoms with Gasteiger partial charge in [0.1, 0.15) is 21.7 Å². The third-order valence-corrected chi connectivity index (χ3v) is 3.74. The van der Waals surface area contributed by atoms with Crippen molar-refractivity contribution in [3.05, 3.63) is 40.4 Å². The number of rotatable bonds is 3. The van der Waals surface area contributed by atoms with E-state index in [9.17, 15) is 5.11 Å². The minimum absolute atomic E-state index is 0.287. The van der Waals surface area contributed by atoms with Gasteiger partial charge in [-0.15, -0.1) is 0 Å². The molecule has 0 bridgehead atoms. The Bertz CT molecular complexity index is 609. The van der Waals surface area contributed by atoms with E-state index < -0.39 is 0 Å². The van der Waals surface area contributed by atoms with Gasteiger partial charge in [0.25, 0.3) is 0 Å². The molecule has 0 saturated carbocycles. The Hall–Kier alpha value is -1.68. The average molecular weight is 323 g/mol. The van der Waals surface area contributed by atoms with Crippen molar-refractivity contribution in [3.8, 4) is 28.4 Å². The second-order valence-corrected chi connectivity index (χ2v) is 4.96. The van der Waals surface area contributed by atoms with Gasteiger partial charge in [0, 0.05) is 5.56 Å². The molecule has 3 nitrogen and oxygen atoms in total. The normalized spacial score (nSPS) is 10.3. The molecular formula is C15H15BrO3. The molecule has 0 aromatic heterocycles. The molecule has 0 aliphatic heterocycles. The van der Waals surface area contributed by atoms with Crippen LogP contribution < -0.4 is 9.47 Å². The SMILES string of the molecule is COc1ccc(-c2ccc(O)c(C)c2)c(OC)c1Br. The molecule has 19 heavy (non-hydrogen) atoms. The number of aryl methyl sites for hydroxylation is 1. The van der Waals surface area contributed by atoms with Gasteiger partial charge in [0.15, 0.2) is 0 Å². The minimum atomic E-state index is 0.287. The van der Waals surface area contributed by atoms with Gasteiger partial charge in [-0.1, -0.05) is 6.07 Å². The van der Waals surface area contributed by atoms with Crippen LogP contribution in [-0.4, -0.2) is 19.3 Å². The standard InChI is InChI=1S/C15H15BrO3/c1-9-8-10(4-6-12(9)17)11-5-7-13(18-2)14(16)15(11)19-3/h4-8,17H,1-3H3. The second kappa shape index (κ2) is 5.53. The zero-order valence-electron chi connectivity index (χ0n) is 11.0. The quantitative estimate of drug-likeness (QED) is 0.922. The van der Waals surface area contributed by atoms with Gasteiger partial charge in [-0.3, -0.25) is 0 Å². The molecule has 0 radical (unpaired) electrons. The number of ether oxygens (including phenoxy) is 2. The first-order valence-corrected chi connectivity index (χ1v) is 6.58. The summed E-state index contributed by atoms with van der Waals surface area (Å²) in [4.78, 5) is 0. The van der Waals surface area contributed by atoms with Crippen molar-refractivity contribution in [3.63, 3.8) is 0 Å². The highest BCUT2D eigenvalue weighted by atomic mass is 79.9. The first-order chi connectivity index (χ1) is 9.08. The molecule has 0 fully saturated rings. The van der Waals surface area contributed by atoms with E-state index in [-0.39, 0.29) is 5.75 Å². The van der Waals surface area contributed by atoms with Crippen molar-refractivity contribution in [2.24, 2.45) is 0 Å². The molecule has 4 heteroatoms. The van der Waals surface area contributed by atoms with Gasteiger partial charge in [0.2, 0.25) is 0 Å². The zero-order valence-corrected chi connectivity index (χ0v) is 12.6. The van der Waals surface area contributed by atoms with E-state index >= 15 is 0 Å². The Morgan fingerprint density at radius 2 is 1.79 bits per heavy atom. The summed E-state index contributed by atoms with van der Waals surface area (Å²) in [6, 6.07) is 9.28. The monoisotopic (exact) mass is 322 g/mol. The van der Waals surface area contributed by atoms with Crippen LogP contribution in [0.3, 0.4) is 0 Å². The number of hydrogen-bond acceptors (Lipinski definition) is 3. The lowest BCUT2D eigenvalue weighted by atomic mass is 10.0. The van der Waals surface area contributed by atoms with E-state index in [1.165, 1.54) is 0 Å². The summed E-state index contributed by atoms with van der Waals surface area (Å²) in [5.74, 6) is 1.72. The molecule has 0 unspecified atom stereocenters. The lowest BCUT2D eigenvalue weighted by Gasteiger charge is -2.14. The summed E-state index contributed by atoms with van der Waals surface area (Å²) < 4.78 is 11.5. The Morgan fingerprint density at radius 1 is 1.05 bits per heavy atom. The van der Waals surface area contributed by atoms with Gasteiger partial charge < -0.3 is 14.6 Å². The highest BCUT2D eigenvalue weighted by Crippen LogP contribution is 2.42. The van der Waals surface area contributed by atoms with E-state index in [0.717, 1.165) is 26.9 Å². The van der Waals surface area contributed by atoms with Crippen LogP contribution in [0.1, 0.15) is 5.56 Å². The lowest BCUT2D eigenvalue weighted by Crippen LogP contribution is -1.93. The fraction of sp³-hybridized carbons (Fsp3) is 0.200. The van der Waals surface area contributed by atoms with E-state index in [1.54, 1.807) is 20.3 Å². The van der Waals surface area contributed by atoms with Crippen LogP contribution in [0.4, 0.5) is 0 Å². The topological polar surface area (TPSA) is 38.7 Å². The Kier molecular flexibility index (Phi) is 4.00. The molecule has 1 N–H and O–H groups in total. The van der Waals surface area contributed by atoms with Crippen LogP contribution >= 0.6 is 15.9 Å². The molecule has 0 aliphatic carbocycles. The van der Waals surface area contributed by atoms with Gasteiger partial charge in [-0.05, 0) is 58.2 Å². The molecule has 100 valence electrons. The maximum atomic E-state index is 9.59. The van der Waals surface area contributed by atoms with Gasteiger partial charge in [-0.2, -0.15) is 0 Å². The van der Waals surface area contributed by atoms with Crippen LogP contribution in [-0.2, 0) is 0 Å². The van der Waals surface area contributed by atoms with Crippen LogP contribution in [0, 0.1) is 6.92 Å². The summed E-state index contributed by atoms with van der Waals surface area (Å²) in [5.41, 5.74) is 2.75. The molecule has 2 rings (SSSR count). The number of benzene rings is 2. The molecule has 0 saturated heterocycles. The maximum absolute atomic E-state index is 9.59. The largest absolute Gasteiger partial charge is 0.508 e. The summed E-state index contributed by atoms with van der Waals surface area (Å²) in [7, 11) is 3.24. The average Bonchev–Trinajstić information content (AvgIpc) is 2.41. The molecule has 0 atom stereocenters. The molecular weight excluding hydrogens is 308 g/mol. The number of phenols is 1. The number of halogens is 1. The van der Waals surface area contributed by atoms with Crippen LogP contribution in [0.25, 0.3) is 11.1 Å². The van der Waals surface area contributed by atoms with Crippen molar-refractivity contribution >= 4 is 15.9 Å². The van der Waals surface area contributed by atoms with E-state index in [0.29, 0.717) is 5.75 Å². The van der Waals surface area contributed by atoms with Gasteiger partial charge in [-0.25, -0.2) is 0 Å². The number of methoxy groups -OCH3 is 2. The molecule has 0 amide bonds. The first kappa shape index (κ1) is 13.7. The molecule has 0 aliphatic rings. The first-order valence-electron chi connectivity index (χ1n) is 5.79. The molecule has 2 aromatic carbocycles. The lowest BCUT2D eigenvalue weighted by molar-refractivity contribution is 0.390. The van der Waals surface area contributed by atoms with Crippen molar-refractivity contribution < 1.29 is 14.6 Å². The molecule has 2 aromatic rings. The van der Waals surface area contributed by atoms with Gasteiger partial charge >= 0.3 is 0 Å². The fourth-order valence-electron chi connectivity index (χ4n) is 1.95. The smallest absolute Gasteiger partial charge is 0.144 e. The predicted molar refractivity (Wildman–Crippen MR) is 79.1 cm³/mol. The van der Waals surface area contributed by atoms with Crippen LogP contribution in [0.5, 0.6) is 17.2 Å². The minimum Gasteiger partial charge on any atom is -0.508 e. The zero-order chi connectivity index (χ0) is 14.0. The highest BCUT2D eigenvalue weighted by molar-refractivity contribution is 9.10. The number of phenolic OH excluding ortho intramolecular Hbond substituents is 1. The second-order valence-electron chi connectivity index (χ2n) is 4.16. The Balaban J connectivity index is 2.61.